The molecule has 0 unspecified atom stereocenters. The number of thioether (sulfide) groups is 1. The molecule has 0 aromatic carbocycles. The highest BCUT2D eigenvalue weighted by Gasteiger charge is 2.20. The van der Waals surface area contributed by atoms with E-state index in [0.717, 1.165) is 24.0 Å². The highest BCUT2D eigenvalue weighted by Crippen LogP contribution is 2.16. The van der Waals surface area contributed by atoms with Gasteiger partial charge in [0.25, 0.3) is 0 Å². The molecule has 0 spiro atoms. The van der Waals surface area contributed by atoms with E-state index in [1.165, 1.54) is 51.4 Å². The largest absolute Gasteiger partial charge is 0.362 e. The summed E-state index contributed by atoms with van der Waals surface area (Å²) in [6.45, 7) is 4.09. The quantitative estimate of drug-likeness (QED) is 0.499. The Bertz CT molecular complexity index is 282. The lowest BCUT2D eigenvalue weighted by atomic mass is 10.1. The topological polar surface area (TPSA) is 39.1 Å². The van der Waals surface area contributed by atoms with Crippen molar-refractivity contribution in [2.45, 2.75) is 58.3 Å². The monoisotopic (exact) mass is 301 g/mol. The number of unbranched alkanes of at least 4 members (excludes halogenated alkanes) is 7. The summed E-state index contributed by atoms with van der Waals surface area (Å²) < 4.78 is 0. The maximum atomic E-state index is 7.72. The molecule has 110 valence electrons. The molecule has 0 bridgehead atoms. The second-order valence-corrected chi connectivity index (χ2v) is 6.48. The van der Waals surface area contributed by atoms with Gasteiger partial charge in [-0.15, -0.1) is 0 Å². The summed E-state index contributed by atoms with van der Waals surface area (Å²) >= 11 is 6.87. The molecule has 0 amide bonds. The smallest absolute Gasteiger partial charge is 0.175 e. The number of thiocarbonyl (C=S) groups is 1. The van der Waals surface area contributed by atoms with Crippen molar-refractivity contribution in [1.82, 2.24) is 10.2 Å². The first-order valence-electron chi connectivity index (χ1n) is 7.52. The molecule has 0 aliphatic carbocycles. The van der Waals surface area contributed by atoms with Crippen LogP contribution in [0.15, 0.2) is 0 Å². The maximum Gasteiger partial charge on any atom is 0.175 e. The predicted molar refractivity (Wildman–Crippen MR) is 90.1 cm³/mol. The Morgan fingerprint density at radius 3 is 2.42 bits per heavy atom. The van der Waals surface area contributed by atoms with Gasteiger partial charge in [-0.1, -0.05) is 63.6 Å². The number of hydrogen-bond acceptors (Lipinski definition) is 3. The molecule has 0 aromatic heterocycles. The van der Waals surface area contributed by atoms with Gasteiger partial charge in [-0.25, -0.2) is 0 Å². The molecule has 2 N–H and O–H groups in total. The number of amidine groups is 1. The molecule has 1 fully saturated rings. The summed E-state index contributed by atoms with van der Waals surface area (Å²) in [5.41, 5.74) is 0. The Hall–Kier alpha value is -0.290. The average Bonchev–Trinajstić information content (AvgIpc) is 2.83. The lowest BCUT2D eigenvalue weighted by molar-refractivity contribution is 0.567. The van der Waals surface area contributed by atoms with E-state index in [1.807, 2.05) is 4.90 Å². The fourth-order valence-corrected chi connectivity index (χ4v) is 3.30. The van der Waals surface area contributed by atoms with Gasteiger partial charge in [0.2, 0.25) is 0 Å². The third kappa shape index (κ3) is 7.16. The predicted octanol–water partition coefficient (Wildman–Crippen LogP) is 3.99. The van der Waals surface area contributed by atoms with Crippen LogP contribution < -0.4 is 5.32 Å². The number of rotatable bonds is 9. The summed E-state index contributed by atoms with van der Waals surface area (Å²) in [6, 6.07) is 0. The van der Waals surface area contributed by atoms with E-state index in [0.29, 0.717) is 5.17 Å². The Labute approximate surface area is 127 Å². The Morgan fingerprint density at radius 1 is 1.21 bits per heavy atom. The highest BCUT2D eigenvalue weighted by atomic mass is 32.2. The summed E-state index contributed by atoms with van der Waals surface area (Å²) in [5, 5.41) is 12.3. The molecule has 1 saturated heterocycles. The van der Waals surface area contributed by atoms with Crippen LogP contribution in [0.1, 0.15) is 58.3 Å². The minimum atomic E-state index is 0.591. The zero-order valence-corrected chi connectivity index (χ0v) is 13.7. The van der Waals surface area contributed by atoms with Gasteiger partial charge in [0, 0.05) is 18.8 Å². The molecule has 0 radical (unpaired) electrons. The van der Waals surface area contributed by atoms with Crippen LogP contribution in [0.3, 0.4) is 0 Å². The summed E-state index contributed by atoms with van der Waals surface area (Å²) in [6.07, 6.45) is 10.7. The van der Waals surface area contributed by atoms with Crippen LogP contribution in [-0.2, 0) is 0 Å². The van der Waals surface area contributed by atoms with Crippen molar-refractivity contribution in [2.24, 2.45) is 0 Å². The Morgan fingerprint density at radius 2 is 1.84 bits per heavy atom. The van der Waals surface area contributed by atoms with Crippen molar-refractivity contribution in [2.75, 3.05) is 18.8 Å². The van der Waals surface area contributed by atoms with Gasteiger partial charge in [-0.05, 0) is 18.6 Å². The molecule has 5 heteroatoms. The molecule has 1 rings (SSSR count). The van der Waals surface area contributed by atoms with Crippen molar-refractivity contribution >= 4 is 34.3 Å². The maximum absolute atomic E-state index is 7.72. The van der Waals surface area contributed by atoms with Crippen molar-refractivity contribution in [3.63, 3.8) is 0 Å². The van der Waals surface area contributed by atoms with E-state index in [4.69, 9.17) is 17.6 Å². The van der Waals surface area contributed by atoms with Crippen LogP contribution in [-0.4, -0.2) is 34.0 Å². The van der Waals surface area contributed by atoms with E-state index in [-0.39, 0.29) is 0 Å². The summed E-state index contributed by atoms with van der Waals surface area (Å²) in [7, 11) is 0. The van der Waals surface area contributed by atoms with E-state index in [2.05, 4.69) is 12.2 Å². The third-order valence-corrected chi connectivity index (χ3v) is 4.60. The SMILES string of the molecule is CCCCCCCCCCNC(=S)N1CCSC1=N. The number of hydrogen-bond donors (Lipinski definition) is 2. The van der Waals surface area contributed by atoms with E-state index in [9.17, 15) is 0 Å². The lowest BCUT2D eigenvalue weighted by Crippen LogP contribution is -2.40. The first-order chi connectivity index (χ1) is 9.25. The Kier molecular flexibility index (Phi) is 9.26. The summed E-state index contributed by atoms with van der Waals surface area (Å²) in [4.78, 5) is 1.89. The van der Waals surface area contributed by atoms with Gasteiger partial charge in [0.15, 0.2) is 10.3 Å². The second-order valence-electron chi connectivity index (χ2n) is 5.01. The zero-order valence-electron chi connectivity index (χ0n) is 12.0. The number of nitrogens with zero attached hydrogens (tertiary/aromatic N) is 1. The molecule has 19 heavy (non-hydrogen) atoms. The van der Waals surface area contributed by atoms with E-state index < -0.39 is 0 Å². The van der Waals surface area contributed by atoms with Crippen LogP contribution in [0.2, 0.25) is 0 Å². The van der Waals surface area contributed by atoms with Gasteiger partial charge in [-0.2, -0.15) is 0 Å². The molecule has 0 aromatic rings. The standard InChI is InChI=1S/C14H27N3S2/c1-2-3-4-5-6-7-8-9-10-16-14(18)17-11-12-19-13(17)15/h15H,2-12H2,1H3,(H,16,18). The summed E-state index contributed by atoms with van der Waals surface area (Å²) in [5.74, 6) is 0.985. The van der Waals surface area contributed by atoms with E-state index in [1.54, 1.807) is 11.8 Å². The molecule has 1 heterocycles. The molecular weight excluding hydrogens is 274 g/mol. The molecule has 0 atom stereocenters. The fourth-order valence-electron chi connectivity index (χ4n) is 2.16. The Balaban J connectivity index is 1.90. The second kappa shape index (κ2) is 10.5. The van der Waals surface area contributed by atoms with Crippen molar-refractivity contribution < 1.29 is 0 Å². The van der Waals surface area contributed by atoms with Crippen LogP contribution in [0, 0.1) is 5.41 Å². The molecule has 1 aliphatic heterocycles. The molecule has 1 aliphatic rings. The molecular formula is C14H27N3S2. The van der Waals surface area contributed by atoms with Gasteiger partial charge < -0.3 is 5.32 Å². The van der Waals surface area contributed by atoms with Crippen LogP contribution in [0.4, 0.5) is 0 Å². The lowest BCUT2D eigenvalue weighted by Gasteiger charge is -2.18. The van der Waals surface area contributed by atoms with Gasteiger partial charge >= 0.3 is 0 Å². The van der Waals surface area contributed by atoms with Gasteiger partial charge in [-0.3, -0.25) is 10.3 Å². The van der Waals surface area contributed by atoms with Crippen LogP contribution in [0.25, 0.3) is 0 Å². The fraction of sp³-hybridized carbons (Fsp3) is 0.857. The molecule has 0 saturated carbocycles. The third-order valence-electron chi connectivity index (χ3n) is 3.35. The first kappa shape index (κ1) is 16.8. The van der Waals surface area contributed by atoms with Gasteiger partial charge in [0.05, 0.1) is 0 Å². The molecule has 3 nitrogen and oxygen atoms in total. The van der Waals surface area contributed by atoms with Gasteiger partial charge in [0.1, 0.15) is 0 Å². The van der Waals surface area contributed by atoms with Crippen molar-refractivity contribution in [1.29, 1.82) is 5.41 Å². The van der Waals surface area contributed by atoms with E-state index >= 15 is 0 Å². The minimum absolute atomic E-state index is 0.591. The number of nitrogens with one attached hydrogen (secondary N) is 2. The van der Waals surface area contributed by atoms with Crippen LogP contribution >= 0.6 is 24.0 Å². The first-order valence-corrected chi connectivity index (χ1v) is 8.91. The van der Waals surface area contributed by atoms with Crippen molar-refractivity contribution in [3.05, 3.63) is 0 Å². The van der Waals surface area contributed by atoms with Crippen LogP contribution in [0.5, 0.6) is 0 Å². The normalized spacial score (nSPS) is 15.0. The zero-order chi connectivity index (χ0) is 13.9. The average molecular weight is 302 g/mol. The highest BCUT2D eigenvalue weighted by molar-refractivity contribution is 8.14. The van der Waals surface area contributed by atoms with Crippen molar-refractivity contribution in [3.8, 4) is 0 Å². The minimum Gasteiger partial charge on any atom is -0.362 e.